The van der Waals surface area contributed by atoms with E-state index < -0.39 is 31.4 Å². The summed E-state index contributed by atoms with van der Waals surface area (Å²) in [5.41, 5.74) is -0.631. The molecule has 0 aliphatic heterocycles. The van der Waals surface area contributed by atoms with Gasteiger partial charge in [0.05, 0.1) is 21.7 Å². The smallest absolute Gasteiger partial charge is 0.299 e. The SMILES string of the molecule is CCN(c1ccc([N+](=O)[O-])cc1[N+](=O)[O-])[C@@H](C)CS(=O)(=O)CC. The molecule has 10 heteroatoms. The van der Waals surface area contributed by atoms with Crippen molar-refractivity contribution in [2.24, 2.45) is 0 Å². The molecule has 0 bridgehead atoms. The molecule has 0 spiro atoms. The van der Waals surface area contributed by atoms with Crippen LogP contribution in [-0.4, -0.2) is 42.4 Å². The first-order valence-electron chi connectivity index (χ1n) is 7.02. The van der Waals surface area contributed by atoms with E-state index in [4.69, 9.17) is 0 Å². The Bertz CT molecular complexity index is 704. The van der Waals surface area contributed by atoms with E-state index in [2.05, 4.69) is 0 Å². The third-order valence-corrected chi connectivity index (χ3v) is 5.35. The summed E-state index contributed by atoms with van der Waals surface area (Å²) in [5.74, 6) is -0.164. The highest BCUT2D eigenvalue weighted by atomic mass is 32.2. The van der Waals surface area contributed by atoms with E-state index in [9.17, 15) is 28.6 Å². The molecule has 1 aromatic carbocycles. The molecule has 0 aliphatic rings. The van der Waals surface area contributed by atoms with Crippen LogP contribution in [0.15, 0.2) is 18.2 Å². The molecule has 0 saturated heterocycles. The first-order chi connectivity index (χ1) is 10.6. The summed E-state index contributed by atoms with van der Waals surface area (Å²) < 4.78 is 23.5. The zero-order valence-corrected chi connectivity index (χ0v) is 13.9. The third-order valence-electron chi connectivity index (χ3n) is 3.48. The molecule has 1 rings (SSSR count). The van der Waals surface area contributed by atoms with E-state index in [1.54, 1.807) is 18.7 Å². The average molecular weight is 345 g/mol. The number of sulfone groups is 1. The monoisotopic (exact) mass is 345 g/mol. The molecule has 1 aromatic rings. The summed E-state index contributed by atoms with van der Waals surface area (Å²) in [6.45, 7) is 5.26. The number of benzene rings is 1. The minimum absolute atomic E-state index is 0.0166. The lowest BCUT2D eigenvalue weighted by molar-refractivity contribution is -0.393. The van der Waals surface area contributed by atoms with E-state index in [0.717, 1.165) is 6.07 Å². The van der Waals surface area contributed by atoms with Crippen LogP contribution in [0.3, 0.4) is 0 Å². The highest BCUT2D eigenvalue weighted by Gasteiger charge is 2.27. The minimum Gasteiger partial charge on any atom is -0.363 e. The molecule has 128 valence electrons. The summed E-state index contributed by atoms with van der Waals surface area (Å²) in [4.78, 5) is 22.1. The van der Waals surface area contributed by atoms with Gasteiger partial charge in [0.2, 0.25) is 0 Å². The van der Waals surface area contributed by atoms with Gasteiger partial charge in [0.15, 0.2) is 9.84 Å². The van der Waals surface area contributed by atoms with Crippen LogP contribution in [0.5, 0.6) is 0 Å². The Morgan fingerprint density at radius 3 is 2.22 bits per heavy atom. The molecule has 0 amide bonds. The number of anilines is 1. The summed E-state index contributed by atoms with van der Waals surface area (Å²) in [6.07, 6.45) is 0. The second-order valence-corrected chi connectivity index (χ2v) is 7.42. The molecule has 0 heterocycles. The van der Waals surface area contributed by atoms with Gasteiger partial charge in [-0.05, 0) is 19.9 Å². The molecule has 23 heavy (non-hydrogen) atoms. The van der Waals surface area contributed by atoms with Crippen molar-refractivity contribution in [3.8, 4) is 0 Å². The first kappa shape index (κ1) is 18.8. The Morgan fingerprint density at radius 2 is 1.78 bits per heavy atom. The van der Waals surface area contributed by atoms with Gasteiger partial charge in [-0.25, -0.2) is 8.42 Å². The van der Waals surface area contributed by atoms with Gasteiger partial charge in [-0.3, -0.25) is 20.2 Å². The fourth-order valence-corrected chi connectivity index (χ4v) is 3.46. The molecule has 0 aromatic heterocycles. The minimum atomic E-state index is -3.26. The number of rotatable bonds is 8. The quantitative estimate of drug-likeness (QED) is 0.522. The molecule has 9 nitrogen and oxygen atoms in total. The van der Waals surface area contributed by atoms with Crippen LogP contribution in [0, 0.1) is 20.2 Å². The fourth-order valence-electron chi connectivity index (χ4n) is 2.31. The normalized spacial score (nSPS) is 12.7. The van der Waals surface area contributed by atoms with Crippen molar-refractivity contribution in [3.63, 3.8) is 0 Å². The Morgan fingerprint density at radius 1 is 1.17 bits per heavy atom. The van der Waals surface area contributed by atoms with Gasteiger partial charge in [0.1, 0.15) is 5.69 Å². The van der Waals surface area contributed by atoms with Crippen LogP contribution in [0.25, 0.3) is 0 Å². The van der Waals surface area contributed by atoms with Gasteiger partial charge >= 0.3 is 0 Å². The van der Waals surface area contributed by atoms with E-state index in [0.29, 0.717) is 6.54 Å². The third kappa shape index (κ3) is 4.62. The maximum absolute atomic E-state index is 11.8. The van der Waals surface area contributed by atoms with Crippen LogP contribution < -0.4 is 4.90 Å². The molecule has 0 N–H and O–H groups in total. The second kappa shape index (κ2) is 7.36. The van der Waals surface area contributed by atoms with Crippen molar-refractivity contribution in [3.05, 3.63) is 38.4 Å². The number of non-ortho nitro benzene ring substituents is 1. The van der Waals surface area contributed by atoms with E-state index in [-0.39, 0.29) is 22.9 Å². The van der Waals surface area contributed by atoms with Gasteiger partial charge in [-0.15, -0.1) is 0 Å². The van der Waals surface area contributed by atoms with Gasteiger partial charge in [0, 0.05) is 24.4 Å². The molecule has 0 aliphatic carbocycles. The summed E-state index contributed by atoms with van der Waals surface area (Å²) >= 11 is 0. The van der Waals surface area contributed by atoms with E-state index in [1.165, 1.54) is 19.1 Å². The Labute approximate surface area is 134 Å². The van der Waals surface area contributed by atoms with Crippen LogP contribution in [0.1, 0.15) is 20.8 Å². The number of hydrogen-bond acceptors (Lipinski definition) is 7. The van der Waals surface area contributed by atoms with Crippen LogP contribution in [-0.2, 0) is 9.84 Å². The zero-order valence-electron chi connectivity index (χ0n) is 13.1. The van der Waals surface area contributed by atoms with E-state index >= 15 is 0 Å². The average Bonchev–Trinajstić information content (AvgIpc) is 2.47. The standard InChI is InChI=1S/C13H19N3O6S/c1-4-14(10(3)9-23(21,22)5-2)12-7-6-11(15(17)18)8-13(12)16(19)20/h6-8,10H,4-5,9H2,1-3H3/t10-/m0/s1. The molecular formula is C13H19N3O6S. The van der Waals surface area contributed by atoms with Gasteiger partial charge in [-0.1, -0.05) is 6.92 Å². The molecule has 0 saturated carbocycles. The Balaban J connectivity index is 3.29. The van der Waals surface area contributed by atoms with Crippen molar-refractivity contribution < 1.29 is 18.3 Å². The second-order valence-electron chi connectivity index (χ2n) is 5.02. The van der Waals surface area contributed by atoms with Crippen molar-refractivity contribution in [2.75, 3.05) is 23.0 Å². The van der Waals surface area contributed by atoms with Crippen LogP contribution in [0.4, 0.5) is 17.1 Å². The number of nitro benzene ring substituents is 2. The van der Waals surface area contributed by atoms with Gasteiger partial charge in [0.25, 0.3) is 11.4 Å². The van der Waals surface area contributed by atoms with Crippen molar-refractivity contribution in [1.82, 2.24) is 0 Å². The lowest BCUT2D eigenvalue weighted by Gasteiger charge is -2.29. The maximum atomic E-state index is 11.8. The molecule has 1 atom stereocenters. The molecule has 0 fully saturated rings. The summed E-state index contributed by atoms with van der Waals surface area (Å²) in [7, 11) is -3.26. The molecule has 0 unspecified atom stereocenters. The molecular weight excluding hydrogens is 326 g/mol. The van der Waals surface area contributed by atoms with Crippen LogP contribution in [0.2, 0.25) is 0 Å². The van der Waals surface area contributed by atoms with Crippen molar-refractivity contribution >= 4 is 26.9 Å². The summed E-state index contributed by atoms with van der Waals surface area (Å²) in [5, 5.41) is 22.0. The number of hydrogen-bond donors (Lipinski definition) is 0. The predicted molar refractivity (Wildman–Crippen MR) is 86.6 cm³/mol. The van der Waals surface area contributed by atoms with Crippen molar-refractivity contribution in [1.29, 1.82) is 0 Å². The largest absolute Gasteiger partial charge is 0.363 e. The zero-order chi connectivity index (χ0) is 17.8. The number of nitro groups is 2. The van der Waals surface area contributed by atoms with Gasteiger partial charge in [-0.2, -0.15) is 0 Å². The predicted octanol–water partition coefficient (Wildman–Crippen LogP) is 2.15. The molecule has 0 radical (unpaired) electrons. The first-order valence-corrected chi connectivity index (χ1v) is 8.85. The number of nitrogens with zero attached hydrogens (tertiary/aromatic N) is 3. The van der Waals surface area contributed by atoms with Crippen molar-refractivity contribution in [2.45, 2.75) is 26.8 Å². The van der Waals surface area contributed by atoms with E-state index in [1.807, 2.05) is 0 Å². The topological polar surface area (TPSA) is 124 Å². The Hall–Kier alpha value is -2.23. The highest BCUT2D eigenvalue weighted by Crippen LogP contribution is 2.33. The Kier molecular flexibility index (Phi) is 6.02. The summed E-state index contributed by atoms with van der Waals surface area (Å²) in [6, 6.07) is 2.85. The van der Waals surface area contributed by atoms with Crippen LogP contribution >= 0.6 is 0 Å². The fraction of sp³-hybridized carbons (Fsp3) is 0.538. The maximum Gasteiger partial charge on any atom is 0.299 e. The lowest BCUT2D eigenvalue weighted by atomic mass is 10.2. The highest BCUT2D eigenvalue weighted by molar-refractivity contribution is 7.91. The van der Waals surface area contributed by atoms with Gasteiger partial charge < -0.3 is 4.90 Å². The lowest BCUT2D eigenvalue weighted by Crippen LogP contribution is -2.38.